The van der Waals surface area contributed by atoms with Crippen molar-refractivity contribution in [1.82, 2.24) is 0 Å². The number of aliphatic hydroxyl groups is 1. The number of carbonyl (C=O) groups is 1. The molecule has 0 heterocycles. The van der Waals surface area contributed by atoms with E-state index in [1.54, 1.807) is 20.3 Å². The molecule has 1 N–H and O–H groups in total. The molecule has 168 valence electrons. The van der Waals surface area contributed by atoms with Crippen LogP contribution in [0.25, 0.3) is 0 Å². The van der Waals surface area contributed by atoms with Crippen LogP contribution in [0.4, 0.5) is 4.39 Å². The molecule has 1 aliphatic rings. The lowest BCUT2D eigenvalue weighted by Gasteiger charge is -2.23. The number of hydrogen-bond acceptors (Lipinski definition) is 5. The Hall–Kier alpha value is -2.70. The van der Waals surface area contributed by atoms with Gasteiger partial charge in [-0.15, -0.1) is 0 Å². The Morgan fingerprint density at radius 1 is 1.13 bits per heavy atom. The Bertz CT molecular complexity index is 864. The third-order valence-electron chi connectivity index (χ3n) is 5.02. The molecule has 2 aromatic rings. The predicted octanol–water partition coefficient (Wildman–Crippen LogP) is 4.74. The van der Waals surface area contributed by atoms with Crippen molar-refractivity contribution in [2.75, 3.05) is 21.0 Å². The Balaban J connectivity index is 0.00000107. The number of rotatable bonds is 8. The summed E-state index contributed by atoms with van der Waals surface area (Å²) in [4.78, 5) is 11.6. The molecule has 2 aromatic carbocycles. The average molecular weight is 431 g/mol. The van der Waals surface area contributed by atoms with Crippen LogP contribution < -0.4 is 4.74 Å². The fraction of sp³-hybridized carbons (Fsp3) is 0.400. The number of benzene rings is 2. The maximum Gasteiger partial charge on any atom is 0.185 e. The second-order valence-corrected chi connectivity index (χ2v) is 7.45. The molecular formula is C25H31FO5. The third kappa shape index (κ3) is 7.81. The van der Waals surface area contributed by atoms with Crippen LogP contribution in [0, 0.1) is 18.7 Å². The van der Waals surface area contributed by atoms with Gasteiger partial charge in [0.25, 0.3) is 0 Å². The standard InChI is InChI=1S/C23H25FO4.C2H6O/c1-16-11-21(24)19(12-22(16)27-14-17-5-3-2-4-6-17)8-7-18-9-10-20(26)13-23(18)28-15-25;1-3-2/h2-6,11-13,18,25H,7-10,14-15H2,1H3;1-2H3. The molecule has 6 heteroatoms. The Morgan fingerprint density at radius 3 is 2.52 bits per heavy atom. The van der Waals surface area contributed by atoms with Gasteiger partial charge in [0.15, 0.2) is 12.6 Å². The van der Waals surface area contributed by atoms with E-state index in [0.29, 0.717) is 49.4 Å². The van der Waals surface area contributed by atoms with Gasteiger partial charge in [-0.25, -0.2) is 4.39 Å². The van der Waals surface area contributed by atoms with E-state index < -0.39 is 6.79 Å². The normalized spacial score (nSPS) is 15.6. The molecule has 5 nitrogen and oxygen atoms in total. The zero-order valence-corrected chi connectivity index (χ0v) is 18.4. The number of methoxy groups -OCH3 is 1. The lowest BCUT2D eigenvalue weighted by molar-refractivity contribution is -0.116. The van der Waals surface area contributed by atoms with Gasteiger partial charge in [-0.3, -0.25) is 4.79 Å². The van der Waals surface area contributed by atoms with E-state index in [9.17, 15) is 9.18 Å². The van der Waals surface area contributed by atoms with Crippen molar-refractivity contribution in [3.05, 3.63) is 76.8 Å². The van der Waals surface area contributed by atoms with Crippen LogP contribution in [-0.4, -0.2) is 31.9 Å². The van der Waals surface area contributed by atoms with Crippen molar-refractivity contribution in [3.8, 4) is 5.75 Å². The highest BCUT2D eigenvalue weighted by atomic mass is 19.1. The molecular weight excluding hydrogens is 399 g/mol. The van der Waals surface area contributed by atoms with Crippen molar-refractivity contribution in [2.45, 2.75) is 39.2 Å². The second kappa shape index (κ2) is 12.9. The summed E-state index contributed by atoms with van der Waals surface area (Å²) in [5.41, 5.74) is 2.38. The van der Waals surface area contributed by atoms with Crippen molar-refractivity contribution < 1.29 is 28.5 Å². The van der Waals surface area contributed by atoms with E-state index in [2.05, 4.69) is 4.74 Å². The van der Waals surface area contributed by atoms with Gasteiger partial charge >= 0.3 is 0 Å². The number of ether oxygens (including phenoxy) is 3. The molecule has 0 radical (unpaired) electrons. The van der Waals surface area contributed by atoms with Gasteiger partial charge in [-0.2, -0.15) is 0 Å². The summed E-state index contributed by atoms with van der Waals surface area (Å²) in [7, 11) is 3.25. The summed E-state index contributed by atoms with van der Waals surface area (Å²) in [6.45, 7) is 1.79. The molecule has 0 saturated carbocycles. The van der Waals surface area contributed by atoms with E-state index in [1.807, 2.05) is 37.3 Å². The summed E-state index contributed by atoms with van der Waals surface area (Å²) < 4.78 is 29.8. The summed E-state index contributed by atoms with van der Waals surface area (Å²) in [5, 5.41) is 9.02. The number of hydrogen-bond donors (Lipinski definition) is 1. The maximum absolute atomic E-state index is 14.5. The average Bonchev–Trinajstić information content (AvgIpc) is 2.75. The number of allylic oxidation sites excluding steroid dienone is 2. The molecule has 1 aliphatic carbocycles. The van der Waals surface area contributed by atoms with Gasteiger partial charge in [-0.1, -0.05) is 30.3 Å². The monoisotopic (exact) mass is 430 g/mol. The number of halogens is 1. The molecule has 0 bridgehead atoms. The largest absolute Gasteiger partial charge is 0.489 e. The lowest BCUT2D eigenvalue weighted by atomic mass is 9.88. The van der Waals surface area contributed by atoms with Gasteiger partial charge in [0.2, 0.25) is 0 Å². The highest BCUT2D eigenvalue weighted by molar-refractivity contribution is 5.90. The van der Waals surface area contributed by atoms with Gasteiger partial charge in [0.05, 0.1) is 0 Å². The molecule has 3 rings (SSSR count). The van der Waals surface area contributed by atoms with E-state index in [1.165, 1.54) is 12.1 Å². The van der Waals surface area contributed by atoms with E-state index >= 15 is 0 Å². The molecule has 1 atom stereocenters. The highest BCUT2D eigenvalue weighted by Gasteiger charge is 2.23. The number of aryl methyl sites for hydroxylation is 2. The van der Waals surface area contributed by atoms with Gasteiger partial charge < -0.3 is 19.3 Å². The first-order valence-corrected chi connectivity index (χ1v) is 10.3. The first-order valence-electron chi connectivity index (χ1n) is 10.3. The Morgan fingerprint density at radius 2 is 1.84 bits per heavy atom. The van der Waals surface area contributed by atoms with Crippen LogP contribution in [0.5, 0.6) is 5.75 Å². The van der Waals surface area contributed by atoms with Crippen molar-refractivity contribution in [2.24, 2.45) is 5.92 Å². The molecule has 1 unspecified atom stereocenters. The summed E-state index contributed by atoms with van der Waals surface area (Å²) in [6, 6.07) is 13.1. The first-order chi connectivity index (χ1) is 15.0. The van der Waals surface area contributed by atoms with Crippen LogP contribution in [-0.2, 0) is 27.3 Å². The van der Waals surface area contributed by atoms with Crippen LogP contribution in [0.2, 0.25) is 0 Å². The summed E-state index contributed by atoms with van der Waals surface area (Å²) in [6.07, 6.45) is 3.68. The number of ketones is 1. The molecule has 0 fully saturated rings. The fourth-order valence-corrected chi connectivity index (χ4v) is 3.44. The first kappa shape index (κ1) is 24.6. The molecule has 0 saturated heterocycles. The molecule has 31 heavy (non-hydrogen) atoms. The Labute approximate surface area is 183 Å². The number of carbonyl (C=O) groups excluding carboxylic acids is 1. The third-order valence-corrected chi connectivity index (χ3v) is 5.02. The highest BCUT2D eigenvalue weighted by Crippen LogP contribution is 2.30. The minimum Gasteiger partial charge on any atom is -0.489 e. The Kier molecular flexibility index (Phi) is 10.2. The van der Waals surface area contributed by atoms with E-state index in [0.717, 1.165) is 11.1 Å². The fourth-order valence-electron chi connectivity index (χ4n) is 3.44. The number of aliphatic hydroxyl groups excluding tert-OH is 1. The molecule has 0 aromatic heterocycles. The van der Waals surface area contributed by atoms with Crippen molar-refractivity contribution in [1.29, 1.82) is 0 Å². The summed E-state index contributed by atoms with van der Waals surface area (Å²) >= 11 is 0. The molecule has 0 spiro atoms. The SMILES string of the molecule is COC.Cc1cc(F)c(CCC2CCC(=O)C=C2OCO)cc1OCc1ccccc1. The van der Waals surface area contributed by atoms with Crippen LogP contribution in [0.15, 0.2) is 54.3 Å². The van der Waals surface area contributed by atoms with Crippen LogP contribution in [0.1, 0.15) is 36.0 Å². The zero-order chi connectivity index (χ0) is 22.6. The summed E-state index contributed by atoms with van der Waals surface area (Å²) in [5.74, 6) is 0.898. The van der Waals surface area contributed by atoms with E-state index in [-0.39, 0.29) is 17.5 Å². The van der Waals surface area contributed by atoms with Crippen LogP contribution >= 0.6 is 0 Å². The quantitative estimate of drug-likeness (QED) is 0.613. The van der Waals surface area contributed by atoms with Gasteiger partial charge in [-0.05, 0) is 55.0 Å². The van der Waals surface area contributed by atoms with Crippen LogP contribution in [0.3, 0.4) is 0 Å². The van der Waals surface area contributed by atoms with Crippen molar-refractivity contribution >= 4 is 5.78 Å². The van der Waals surface area contributed by atoms with Crippen molar-refractivity contribution in [3.63, 3.8) is 0 Å². The molecule has 0 amide bonds. The predicted molar refractivity (Wildman–Crippen MR) is 117 cm³/mol. The topological polar surface area (TPSA) is 65.0 Å². The smallest absolute Gasteiger partial charge is 0.185 e. The van der Waals surface area contributed by atoms with E-state index in [4.69, 9.17) is 14.6 Å². The zero-order valence-electron chi connectivity index (χ0n) is 18.4. The minimum absolute atomic E-state index is 0.000704. The second-order valence-electron chi connectivity index (χ2n) is 7.45. The lowest BCUT2D eigenvalue weighted by Crippen LogP contribution is -2.17. The van der Waals surface area contributed by atoms with Gasteiger partial charge in [0, 0.05) is 32.6 Å². The van der Waals surface area contributed by atoms with Gasteiger partial charge in [0.1, 0.15) is 23.9 Å². The maximum atomic E-state index is 14.5. The molecule has 0 aliphatic heterocycles. The minimum atomic E-state index is -0.466.